The molecule has 0 saturated carbocycles. The smallest absolute Gasteiger partial charge is 0.341 e. The third-order valence-corrected chi connectivity index (χ3v) is 5.46. The highest BCUT2D eigenvalue weighted by Crippen LogP contribution is 2.31. The van der Waals surface area contributed by atoms with Crippen LogP contribution in [-0.4, -0.2) is 46.5 Å². The first-order valence-electron chi connectivity index (χ1n) is 10.1. The third-order valence-electron chi connectivity index (χ3n) is 5.46. The number of benzene rings is 1. The standard InChI is InChI=1S/C23H26FN3O5/c1-13(2)19(12-28)27-11-16(23(30)31)20(29)15-9-18(22(32-4)25-21(15)27)26(3)10-14-7-5-6-8-17(14)24/h5-9,11,13,19,28H,10,12H2,1-4H3,(H,30,31)/t19-/m1/s1. The molecular weight excluding hydrogens is 417 g/mol. The van der Waals surface area contributed by atoms with E-state index < -0.39 is 23.0 Å². The van der Waals surface area contributed by atoms with Crippen LogP contribution < -0.4 is 15.1 Å². The van der Waals surface area contributed by atoms with Crippen molar-refractivity contribution in [1.29, 1.82) is 0 Å². The van der Waals surface area contributed by atoms with Crippen molar-refractivity contribution in [2.75, 3.05) is 25.7 Å². The van der Waals surface area contributed by atoms with Crippen LogP contribution in [0.15, 0.2) is 41.3 Å². The summed E-state index contributed by atoms with van der Waals surface area (Å²) in [5, 5.41) is 19.6. The number of nitrogens with zero attached hydrogens (tertiary/aromatic N) is 3. The summed E-state index contributed by atoms with van der Waals surface area (Å²) >= 11 is 0. The van der Waals surface area contributed by atoms with E-state index in [2.05, 4.69) is 4.98 Å². The van der Waals surface area contributed by atoms with Crippen LogP contribution in [0.3, 0.4) is 0 Å². The molecule has 0 spiro atoms. The highest BCUT2D eigenvalue weighted by molar-refractivity contribution is 5.93. The fourth-order valence-corrected chi connectivity index (χ4v) is 3.66. The van der Waals surface area contributed by atoms with Crippen molar-refractivity contribution < 1.29 is 24.1 Å². The Labute approximate surface area is 184 Å². The molecule has 0 amide bonds. The highest BCUT2D eigenvalue weighted by Gasteiger charge is 2.24. The second kappa shape index (κ2) is 9.35. The molecule has 2 heterocycles. The van der Waals surface area contributed by atoms with Crippen LogP contribution in [0.2, 0.25) is 0 Å². The molecule has 0 unspecified atom stereocenters. The van der Waals surface area contributed by atoms with Gasteiger partial charge in [0.1, 0.15) is 22.7 Å². The summed E-state index contributed by atoms with van der Waals surface area (Å²) in [5.74, 6) is -1.62. The van der Waals surface area contributed by atoms with Gasteiger partial charge in [-0.25, -0.2) is 9.18 Å². The maximum atomic E-state index is 14.1. The fourth-order valence-electron chi connectivity index (χ4n) is 3.66. The Balaban J connectivity index is 2.26. The van der Waals surface area contributed by atoms with E-state index in [0.29, 0.717) is 11.3 Å². The number of carboxylic acid groups (broad SMARTS) is 1. The molecule has 1 aromatic carbocycles. The van der Waals surface area contributed by atoms with Crippen LogP contribution in [0.4, 0.5) is 10.1 Å². The summed E-state index contributed by atoms with van der Waals surface area (Å²) < 4.78 is 21.1. The zero-order chi connectivity index (χ0) is 23.6. The number of halogens is 1. The molecule has 8 nitrogen and oxygen atoms in total. The van der Waals surface area contributed by atoms with Gasteiger partial charge in [0.05, 0.1) is 25.1 Å². The summed E-state index contributed by atoms with van der Waals surface area (Å²) in [4.78, 5) is 30.9. The number of aromatic carboxylic acids is 1. The summed E-state index contributed by atoms with van der Waals surface area (Å²) in [6, 6.07) is 7.33. The number of pyridine rings is 2. The molecule has 0 saturated heterocycles. The second-order valence-electron chi connectivity index (χ2n) is 7.91. The van der Waals surface area contributed by atoms with Gasteiger partial charge in [0.2, 0.25) is 11.3 Å². The van der Waals surface area contributed by atoms with E-state index in [1.54, 1.807) is 30.1 Å². The molecule has 32 heavy (non-hydrogen) atoms. The number of carbonyl (C=O) groups is 1. The lowest BCUT2D eigenvalue weighted by molar-refractivity contribution is 0.0694. The van der Waals surface area contributed by atoms with E-state index in [1.807, 2.05) is 13.8 Å². The first-order valence-corrected chi connectivity index (χ1v) is 10.1. The molecule has 3 rings (SSSR count). The van der Waals surface area contributed by atoms with Gasteiger partial charge in [-0.3, -0.25) is 4.79 Å². The van der Waals surface area contributed by atoms with E-state index in [0.717, 1.165) is 0 Å². The van der Waals surface area contributed by atoms with E-state index in [1.165, 1.54) is 30.0 Å². The van der Waals surface area contributed by atoms with E-state index in [-0.39, 0.29) is 41.8 Å². The Kier molecular flexibility index (Phi) is 6.78. The predicted molar refractivity (Wildman–Crippen MR) is 119 cm³/mol. The molecule has 1 atom stereocenters. The summed E-state index contributed by atoms with van der Waals surface area (Å²) in [7, 11) is 3.12. The number of carboxylic acids is 1. The molecule has 0 aliphatic heterocycles. The van der Waals surface area contributed by atoms with Crippen molar-refractivity contribution in [2.45, 2.75) is 26.4 Å². The average Bonchev–Trinajstić information content (AvgIpc) is 2.76. The van der Waals surface area contributed by atoms with Gasteiger partial charge in [-0.05, 0) is 18.1 Å². The molecule has 0 fully saturated rings. The monoisotopic (exact) mass is 443 g/mol. The summed E-state index contributed by atoms with van der Waals surface area (Å²) in [6.07, 6.45) is 1.21. The Morgan fingerprint density at radius 3 is 2.56 bits per heavy atom. The lowest BCUT2D eigenvalue weighted by atomic mass is 10.0. The van der Waals surface area contributed by atoms with Crippen molar-refractivity contribution in [1.82, 2.24) is 9.55 Å². The minimum Gasteiger partial charge on any atom is -0.479 e. The molecule has 0 aliphatic carbocycles. The number of aliphatic hydroxyl groups excluding tert-OH is 1. The minimum atomic E-state index is -1.37. The number of anilines is 1. The SMILES string of the molecule is COc1nc2c(cc1N(C)Cc1ccccc1F)c(=O)c(C(=O)O)cn2[C@H](CO)C(C)C. The third kappa shape index (κ3) is 4.29. The van der Waals surface area contributed by atoms with Gasteiger partial charge in [-0.2, -0.15) is 4.98 Å². The number of hydrogen-bond donors (Lipinski definition) is 2. The number of ether oxygens (including phenoxy) is 1. The minimum absolute atomic E-state index is 0.0662. The van der Waals surface area contributed by atoms with Crippen LogP contribution in [0.25, 0.3) is 11.0 Å². The predicted octanol–water partition coefficient (Wildman–Crippen LogP) is 3.07. The van der Waals surface area contributed by atoms with Crippen molar-refractivity contribution in [3.05, 3.63) is 63.7 Å². The van der Waals surface area contributed by atoms with E-state index in [4.69, 9.17) is 4.74 Å². The molecule has 9 heteroatoms. The summed E-state index contributed by atoms with van der Waals surface area (Å²) in [5.41, 5.74) is -0.0765. The maximum absolute atomic E-state index is 14.1. The fraction of sp³-hybridized carbons (Fsp3) is 0.348. The normalized spacial score (nSPS) is 12.2. The lowest BCUT2D eigenvalue weighted by Crippen LogP contribution is -2.26. The Morgan fingerprint density at radius 2 is 2.00 bits per heavy atom. The lowest BCUT2D eigenvalue weighted by Gasteiger charge is -2.26. The highest BCUT2D eigenvalue weighted by atomic mass is 19.1. The molecule has 3 aromatic rings. The molecule has 2 N–H and O–H groups in total. The molecule has 0 bridgehead atoms. The zero-order valence-corrected chi connectivity index (χ0v) is 18.4. The first kappa shape index (κ1) is 23.2. The van der Waals surface area contributed by atoms with E-state index in [9.17, 15) is 24.2 Å². The van der Waals surface area contributed by atoms with Crippen LogP contribution in [-0.2, 0) is 6.54 Å². The average molecular weight is 443 g/mol. The maximum Gasteiger partial charge on any atom is 0.341 e. The molecule has 2 aromatic heterocycles. The van der Waals surface area contributed by atoms with E-state index >= 15 is 0 Å². The van der Waals surface area contributed by atoms with Gasteiger partial charge < -0.3 is 24.4 Å². The Bertz CT molecular complexity index is 1210. The van der Waals surface area contributed by atoms with Gasteiger partial charge in [0.15, 0.2) is 0 Å². The number of aliphatic hydroxyl groups is 1. The molecule has 0 aliphatic rings. The van der Waals surface area contributed by atoms with Crippen molar-refractivity contribution in [3.8, 4) is 5.88 Å². The number of fused-ring (bicyclic) bond motifs is 1. The molecule has 0 radical (unpaired) electrons. The quantitative estimate of drug-likeness (QED) is 0.551. The summed E-state index contributed by atoms with van der Waals surface area (Å²) in [6.45, 7) is 3.65. The number of aromatic nitrogens is 2. The van der Waals surface area contributed by atoms with Crippen molar-refractivity contribution in [3.63, 3.8) is 0 Å². The number of rotatable bonds is 8. The van der Waals surface area contributed by atoms with Crippen molar-refractivity contribution >= 4 is 22.7 Å². The van der Waals surface area contributed by atoms with Crippen LogP contribution in [0.1, 0.15) is 35.8 Å². The Morgan fingerprint density at radius 1 is 1.31 bits per heavy atom. The van der Waals surface area contributed by atoms with Gasteiger partial charge in [0, 0.05) is 25.4 Å². The largest absolute Gasteiger partial charge is 0.479 e. The topological polar surface area (TPSA) is 105 Å². The van der Waals surface area contributed by atoms with Crippen molar-refractivity contribution in [2.24, 2.45) is 5.92 Å². The zero-order valence-electron chi connectivity index (χ0n) is 18.4. The van der Waals surface area contributed by atoms with Gasteiger partial charge in [-0.1, -0.05) is 32.0 Å². The van der Waals surface area contributed by atoms with Gasteiger partial charge in [-0.15, -0.1) is 0 Å². The van der Waals surface area contributed by atoms with Crippen LogP contribution in [0.5, 0.6) is 5.88 Å². The Hall–Kier alpha value is -3.46. The first-order chi connectivity index (χ1) is 15.2. The molecular formula is C23H26FN3O5. The van der Waals surface area contributed by atoms with Gasteiger partial charge >= 0.3 is 5.97 Å². The molecule has 170 valence electrons. The number of methoxy groups -OCH3 is 1. The van der Waals surface area contributed by atoms with Crippen LogP contribution in [0, 0.1) is 11.7 Å². The van der Waals surface area contributed by atoms with Gasteiger partial charge in [0.25, 0.3) is 0 Å². The second-order valence-corrected chi connectivity index (χ2v) is 7.91. The van der Waals surface area contributed by atoms with Crippen LogP contribution >= 0.6 is 0 Å². The number of hydrogen-bond acceptors (Lipinski definition) is 6.